The van der Waals surface area contributed by atoms with Crippen LogP contribution in [0.1, 0.15) is 34.6 Å². The third kappa shape index (κ3) is 7.40. The molecular weight excluding hydrogens is 492 g/mol. The second-order valence-electron chi connectivity index (χ2n) is 9.16. The molecule has 0 saturated carbocycles. The van der Waals surface area contributed by atoms with Crippen molar-refractivity contribution >= 4 is 23.4 Å². The van der Waals surface area contributed by atoms with Gasteiger partial charge in [-0.3, -0.25) is 9.59 Å². The van der Waals surface area contributed by atoms with Crippen molar-refractivity contribution in [3.63, 3.8) is 0 Å². The Bertz CT molecular complexity index is 1200. The van der Waals surface area contributed by atoms with Gasteiger partial charge in [-0.15, -0.1) is 0 Å². The van der Waals surface area contributed by atoms with Gasteiger partial charge in [0.25, 0.3) is 11.8 Å². The molecule has 7 nitrogen and oxygen atoms in total. The van der Waals surface area contributed by atoms with Crippen LogP contribution in [0.15, 0.2) is 78.9 Å². The van der Waals surface area contributed by atoms with E-state index in [4.69, 9.17) is 25.8 Å². The first-order valence-electron chi connectivity index (χ1n) is 12.2. The van der Waals surface area contributed by atoms with Crippen molar-refractivity contribution < 1.29 is 23.8 Å². The van der Waals surface area contributed by atoms with E-state index in [-0.39, 0.29) is 24.9 Å². The van der Waals surface area contributed by atoms with Crippen LogP contribution in [0.25, 0.3) is 11.1 Å². The summed E-state index contributed by atoms with van der Waals surface area (Å²) in [6, 6.07) is 24.2. The van der Waals surface area contributed by atoms with Crippen LogP contribution in [0.5, 0.6) is 0 Å². The lowest BCUT2D eigenvalue weighted by Crippen LogP contribution is -2.52. The van der Waals surface area contributed by atoms with Gasteiger partial charge in [0.05, 0.1) is 23.8 Å². The number of hydrogen-bond donors (Lipinski definition) is 2. The van der Waals surface area contributed by atoms with E-state index in [9.17, 15) is 9.59 Å². The zero-order chi connectivity index (χ0) is 26.3. The molecule has 1 aliphatic heterocycles. The minimum Gasteiger partial charge on any atom is -0.371 e. The van der Waals surface area contributed by atoms with Gasteiger partial charge in [-0.2, -0.15) is 0 Å². The van der Waals surface area contributed by atoms with Gasteiger partial charge in [-0.25, -0.2) is 0 Å². The molecule has 0 aromatic heterocycles. The van der Waals surface area contributed by atoms with Crippen molar-refractivity contribution in [2.45, 2.75) is 31.8 Å². The van der Waals surface area contributed by atoms with Crippen LogP contribution >= 0.6 is 11.6 Å². The van der Waals surface area contributed by atoms with Gasteiger partial charge in [0.15, 0.2) is 5.79 Å². The zero-order valence-corrected chi connectivity index (χ0v) is 21.7. The van der Waals surface area contributed by atoms with Gasteiger partial charge in [-0.05, 0) is 49.2 Å². The molecule has 0 unspecified atom stereocenters. The Morgan fingerprint density at radius 3 is 2.16 bits per heavy atom. The molecule has 194 valence electrons. The van der Waals surface area contributed by atoms with Crippen LogP contribution in [0, 0.1) is 0 Å². The van der Waals surface area contributed by atoms with Crippen molar-refractivity contribution in [1.82, 2.24) is 10.6 Å². The Morgan fingerprint density at radius 1 is 0.811 bits per heavy atom. The molecule has 1 fully saturated rings. The van der Waals surface area contributed by atoms with Crippen molar-refractivity contribution in [3.8, 4) is 11.1 Å². The molecule has 0 aliphatic carbocycles. The third-order valence-electron chi connectivity index (χ3n) is 6.02. The van der Waals surface area contributed by atoms with E-state index in [2.05, 4.69) is 10.6 Å². The summed E-state index contributed by atoms with van der Waals surface area (Å²) in [7, 11) is 0. The van der Waals surface area contributed by atoms with Gasteiger partial charge >= 0.3 is 0 Å². The standard InChI is InChI=1S/C29H31ClN2O5/c1-29(2)36-17-16-35-25(26(37-29)19-32-28(34)23-10-6-7-11-24(23)30)18-31-27(33)22-14-12-21(13-15-22)20-8-4-3-5-9-20/h3-15,25-26H,16-19H2,1-2H3,(H,31,33)(H,32,34)/t25-,26+/m1/s1. The highest BCUT2D eigenvalue weighted by molar-refractivity contribution is 6.33. The molecule has 0 bridgehead atoms. The second kappa shape index (κ2) is 12.3. The van der Waals surface area contributed by atoms with E-state index in [1.165, 1.54) is 0 Å². The molecule has 2 atom stereocenters. The summed E-state index contributed by atoms with van der Waals surface area (Å²) in [6.07, 6.45) is -1.09. The first-order chi connectivity index (χ1) is 17.8. The lowest BCUT2D eigenvalue weighted by atomic mass is 10.0. The van der Waals surface area contributed by atoms with Gasteiger partial charge in [0.1, 0.15) is 12.2 Å². The summed E-state index contributed by atoms with van der Waals surface area (Å²) in [6.45, 7) is 4.63. The molecule has 2 N–H and O–H groups in total. The second-order valence-corrected chi connectivity index (χ2v) is 9.56. The van der Waals surface area contributed by atoms with Crippen LogP contribution in [-0.4, -0.2) is 56.1 Å². The molecule has 37 heavy (non-hydrogen) atoms. The largest absolute Gasteiger partial charge is 0.371 e. The summed E-state index contributed by atoms with van der Waals surface area (Å²) >= 11 is 6.17. The molecule has 8 heteroatoms. The van der Waals surface area contributed by atoms with E-state index >= 15 is 0 Å². The maximum atomic E-state index is 12.9. The fourth-order valence-corrected chi connectivity index (χ4v) is 4.33. The quantitative estimate of drug-likeness (QED) is 0.469. The Morgan fingerprint density at radius 2 is 1.43 bits per heavy atom. The number of halogens is 1. The third-order valence-corrected chi connectivity index (χ3v) is 6.34. The molecule has 1 heterocycles. The molecular formula is C29H31ClN2O5. The fraction of sp³-hybridized carbons (Fsp3) is 0.310. The maximum absolute atomic E-state index is 12.9. The predicted molar refractivity (Wildman–Crippen MR) is 143 cm³/mol. The Balaban J connectivity index is 1.41. The zero-order valence-electron chi connectivity index (χ0n) is 20.9. The van der Waals surface area contributed by atoms with E-state index < -0.39 is 18.0 Å². The maximum Gasteiger partial charge on any atom is 0.252 e. The highest BCUT2D eigenvalue weighted by Gasteiger charge is 2.33. The number of nitrogens with one attached hydrogen (secondary N) is 2. The predicted octanol–water partition coefficient (Wildman–Crippen LogP) is 4.70. The lowest BCUT2D eigenvalue weighted by molar-refractivity contribution is -0.277. The molecule has 2 amide bonds. The smallest absolute Gasteiger partial charge is 0.252 e. The number of hydrogen-bond acceptors (Lipinski definition) is 5. The summed E-state index contributed by atoms with van der Waals surface area (Å²) in [5.41, 5.74) is 3.03. The summed E-state index contributed by atoms with van der Waals surface area (Å²) < 4.78 is 17.9. The first kappa shape index (κ1) is 26.8. The number of amides is 2. The molecule has 1 saturated heterocycles. The van der Waals surface area contributed by atoms with Gasteiger partial charge in [0.2, 0.25) is 0 Å². The summed E-state index contributed by atoms with van der Waals surface area (Å²) in [5.74, 6) is -1.44. The molecule has 4 rings (SSSR count). The number of carbonyl (C=O) groups excluding carboxylic acids is 2. The normalized spacial score (nSPS) is 19.3. The van der Waals surface area contributed by atoms with Crippen LogP contribution in [-0.2, 0) is 14.2 Å². The highest BCUT2D eigenvalue weighted by atomic mass is 35.5. The van der Waals surface area contributed by atoms with E-state index in [0.717, 1.165) is 11.1 Å². The SMILES string of the molecule is CC1(C)OCCO[C@H](CNC(=O)c2ccc(-c3ccccc3)cc2)[C@H](CNC(=O)c2ccccc2Cl)O1. The molecule has 1 aliphatic rings. The lowest BCUT2D eigenvalue weighted by Gasteiger charge is -2.37. The average Bonchev–Trinajstić information content (AvgIpc) is 2.90. The van der Waals surface area contributed by atoms with Crippen LogP contribution in [0.4, 0.5) is 0 Å². The Hall–Kier alpha value is -3.23. The van der Waals surface area contributed by atoms with Crippen molar-refractivity contribution in [3.05, 3.63) is 95.0 Å². The molecule has 0 radical (unpaired) electrons. The van der Waals surface area contributed by atoms with Crippen LogP contribution in [0.3, 0.4) is 0 Å². The summed E-state index contributed by atoms with van der Waals surface area (Å²) in [5, 5.41) is 6.17. The van der Waals surface area contributed by atoms with Gasteiger partial charge in [0, 0.05) is 18.7 Å². The summed E-state index contributed by atoms with van der Waals surface area (Å²) in [4.78, 5) is 25.6. The topological polar surface area (TPSA) is 85.9 Å². The first-order valence-corrected chi connectivity index (χ1v) is 12.6. The Labute approximate surface area is 222 Å². The molecule has 0 spiro atoms. The number of ether oxygens (including phenoxy) is 3. The van der Waals surface area contributed by atoms with E-state index in [1.807, 2.05) is 56.3 Å². The van der Waals surface area contributed by atoms with E-state index in [0.29, 0.717) is 29.4 Å². The highest BCUT2D eigenvalue weighted by Crippen LogP contribution is 2.22. The molecule has 3 aromatic carbocycles. The minimum absolute atomic E-state index is 0.142. The van der Waals surface area contributed by atoms with Gasteiger partial charge in [-0.1, -0.05) is 66.2 Å². The van der Waals surface area contributed by atoms with E-state index in [1.54, 1.807) is 36.4 Å². The van der Waals surface area contributed by atoms with Crippen LogP contribution in [0.2, 0.25) is 5.02 Å². The van der Waals surface area contributed by atoms with Crippen molar-refractivity contribution in [2.24, 2.45) is 0 Å². The van der Waals surface area contributed by atoms with Crippen LogP contribution < -0.4 is 10.6 Å². The van der Waals surface area contributed by atoms with Crippen molar-refractivity contribution in [1.29, 1.82) is 0 Å². The number of carbonyl (C=O) groups is 2. The van der Waals surface area contributed by atoms with Gasteiger partial charge < -0.3 is 24.8 Å². The Kier molecular flexibility index (Phi) is 8.95. The molecule has 3 aromatic rings. The number of benzene rings is 3. The van der Waals surface area contributed by atoms with Crippen molar-refractivity contribution in [2.75, 3.05) is 26.3 Å². The minimum atomic E-state index is -0.890. The average molecular weight is 523 g/mol. The monoisotopic (exact) mass is 522 g/mol. The fourth-order valence-electron chi connectivity index (χ4n) is 4.11. The number of rotatable bonds is 7.